The molecule has 0 amide bonds. The number of aliphatic carboxylic acids is 1. The minimum absolute atomic E-state index is 0.318. The lowest BCUT2D eigenvalue weighted by Crippen LogP contribution is -2.19. The Labute approximate surface area is 80.1 Å². The summed E-state index contributed by atoms with van der Waals surface area (Å²) in [4.78, 5) is 10.7. The molecule has 13 heavy (non-hydrogen) atoms. The SMILES string of the molecule is CCCCOCC(CCC)C(=O)O. The van der Waals surface area contributed by atoms with Crippen molar-refractivity contribution in [3.63, 3.8) is 0 Å². The van der Waals surface area contributed by atoms with Gasteiger partial charge in [-0.05, 0) is 12.8 Å². The molecule has 3 heteroatoms. The predicted octanol–water partition coefficient (Wildman–Crippen LogP) is 2.30. The molecule has 0 saturated carbocycles. The molecule has 0 aliphatic carbocycles. The van der Waals surface area contributed by atoms with Gasteiger partial charge in [-0.1, -0.05) is 26.7 Å². The molecule has 3 nitrogen and oxygen atoms in total. The third kappa shape index (κ3) is 6.58. The van der Waals surface area contributed by atoms with E-state index in [1.807, 2.05) is 6.92 Å². The van der Waals surface area contributed by atoms with Crippen LogP contribution in [0.5, 0.6) is 0 Å². The van der Waals surface area contributed by atoms with Crippen molar-refractivity contribution >= 4 is 5.97 Å². The summed E-state index contributed by atoms with van der Waals surface area (Å²) in [5.74, 6) is -1.06. The molecule has 1 N–H and O–H groups in total. The molecule has 1 atom stereocenters. The summed E-state index contributed by atoms with van der Waals surface area (Å²) >= 11 is 0. The fourth-order valence-electron chi connectivity index (χ4n) is 1.10. The molecule has 0 aromatic heterocycles. The third-order valence-electron chi connectivity index (χ3n) is 1.95. The Bertz CT molecular complexity index is 134. The zero-order valence-electron chi connectivity index (χ0n) is 8.58. The van der Waals surface area contributed by atoms with E-state index in [1.54, 1.807) is 0 Å². The van der Waals surface area contributed by atoms with Crippen molar-refractivity contribution in [2.24, 2.45) is 5.92 Å². The third-order valence-corrected chi connectivity index (χ3v) is 1.95. The van der Waals surface area contributed by atoms with Crippen LogP contribution >= 0.6 is 0 Å². The van der Waals surface area contributed by atoms with Gasteiger partial charge in [-0.3, -0.25) is 4.79 Å². The highest BCUT2D eigenvalue weighted by atomic mass is 16.5. The van der Waals surface area contributed by atoms with E-state index >= 15 is 0 Å². The Hall–Kier alpha value is -0.570. The van der Waals surface area contributed by atoms with Crippen LogP contribution in [0.15, 0.2) is 0 Å². The van der Waals surface area contributed by atoms with E-state index in [9.17, 15) is 4.79 Å². The van der Waals surface area contributed by atoms with Crippen LogP contribution in [-0.2, 0) is 9.53 Å². The first kappa shape index (κ1) is 12.4. The van der Waals surface area contributed by atoms with Crippen LogP contribution in [0.4, 0.5) is 0 Å². The molecular weight excluding hydrogens is 168 g/mol. The molecule has 0 spiro atoms. The highest BCUT2D eigenvalue weighted by molar-refractivity contribution is 5.70. The Kier molecular flexibility index (Phi) is 7.69. The number of rotatable bonds is 8. The van der Waals surface area contributed by atoms with Gasteiger partial charge in [0.15, 0.2) is 0 Å². The van der Waals surface area contributed by atoms with E-state index in [1.165, 1.54) is 0 Å². The molecule has 78 valence electrons. The highest BCUT2D eigenvalue weighted by Gasteiger charge is 2.15. The number of carbonyl (C=O) groups is 1. The topological polar surface area (TPSA) is 46.5 Å². The normalized spacial score (nSPS) is 12.8. The number of hydrogen-bond acceptors (Lipinski definition) is 2. The smallest absolute Gasteiger partial charge is 0.308 e. The first-order valence-corrected chi connectivity index (χ1v) is 5.02. The lowest BCUT2D eigenvalue weighted by molar-refractivity contribution is -0.144. The lowest BCUT2D eigenvalue weighted by atomic mass is 10.1. The fraction of sp³-hybridized carbons (Fsp3) is 0.900. The average molecular weight is 188 g/mol. The number of unbranched alkanes of at least 4 members (excludes halogenated alkanes) is 1. The van der Waals surface area contributed by atoms with Crippen molar-refractivity contribution in [1.82, 2.24) is 0 Å². The van der Waals surface area contributed by atoms with Gasteiger partial charge in [-0.2, -0.15) is 0 Å². The van der Waals surface area contributed by atoms with Gasteiger partial charge < -0.3 is 9.84 Å². The number of carboxylic acid groups (broad SMARTS) is 1. The molecular formula is C10H20O3. The number of carboxylic acids is 1. The van der Waals surface area contributed by atoms with E-state index in [0.29, 0.717) is 19.6 Å². The second-order valence-electron chi connectivity index (χ2n) is 3.25. The maximum atomic E-state index is 10.7. The van der Waals surface area contributed by atoms with Gasteiger partial charge in [0.2, 0.25) is 0 Å². The van der Waals surface area contributed by atoms with Crippen LogP contribution in [0.1, 0.15) is 39.5 Å². The van der Waals surface area contributed by atoms with Gasteiger partial charge in [-0.15, -0.1) is 0 Å². The summed E-state index contributed by atoms with van der Waals surface area (Å²) in [6.07, 6.45) is 3.71. The maximum absolute atomic E-state index is 10.7. The molecule has 0 aromatic rings. The summed E-state index contributed by atoms with van der Waals surface area (Å²) in [7, 11) is 0. The van der Waals surface area contributed by atoms with Gasteiger partial charge in [0.25, 0.3) is 0 Å². The van der Waals surface area contributed by atoms with E-state index in [2.05, 4.69) is 6.92 Å². The average Bonchev–Trinajstić information content (AvgIpc) is 2.10. The molecule has 0 fully saturated rings. The maximum Gasteiger partial charge on any atom is 0.308 e. The van der Waals surface area contributed by atoms with Crippen molar-refractivity contribution < 1.29 is 14.6 Å². The van der Waals surface area contributed by atoms with Crippen molar-refractivity contribution in [2.75, 3.05) is 13.2 Å². The van der Waals surface area contributed by atoms with Crippen LogP contribution in [0.25, 0.3) is 0 Å². The van der Waals surface area contributed by atoms with Gasteiger partial charge in [0.1, 0.15) is 0 Å². The second-order valence-corrected chi connectivity index (χ2v) is 3.25. The zero-order valence-corrected chi connectivity index (χ0v) is 8.58. The molecule has 0 heterocycles. The molecule has 0 rings (SSSR count). The van der Waals surface area contributed by atoms with Crippen LogP contribution in [0.3, 0.4) is 0 Å². The van der Waals surface area contributed by atoms with Gasteiger partial charge in [0, 0.05) is 6.61 Å². The van der Waals surface area contributed by atoms with E-state index in [-0.39, 0.29) is 5.92 Å². The highest BCUT2D eigenvalue weighted by Crippen LogP contribution is 2.07. The lowest BCUT2D eigenvalue weighted by Gasteiger charge is -2.10. The van der Waals surface area contributed by atoms with Crippen molar-refractivity contribution in [3.8, 4) is 0 Å². The molecule has 0 bridgehead atoms. The minimum Gasteiger partial charge on any atom is -0.481 e. The van der Waals surface area contributed by atoms with E-state index in [4.69, 9.17) is 9.84 Å². The van der Waals surface area contributed by atoms with Gasteiger partial charge in [0.05, 0.1) is 12.5 Å². The van der Waals surface area contributed by atoms with Crippen molar-refractivity contribution in [1.29, 1.82) is 0 Å². The predicted molar refractivity (Wildman–Crippen MR) is 51.8 cm³/mol. The Balaban J connectivity index is 3.51. The number of ether oxygens (including phenoxy) is 1. The minimum atomic E-state index is -0.738. The first-order chi connectivity index (χ1) is 6.22. The summed E-state index contributed by atoms with van der Waals surface area (Å²) in [6.45, 7) is 5.12. The molecule has 0 saturated heterocycles. The molecule has 0 aliphatic heterocycles. The van der Waals surface area contributed by atoms with E-state index in [0.717, 1.165) is 19.3 Å². The van der Waals surface area contributed by atoms with Crippen LogP contribution in [0, 0.1) is 5.92 Å². The summed E-state index contributed by atoms with van der Waals surface area (Å²) < 4.78 is 5.27. The molecule has 0 radical (unpaired) electrons. The van der Waals surface area contributed by atoms with E-state index < -0.39 is 5.97 Å². The van der Waals surface area contributed by atoms with Gasteiger partial charge >= 0.3 is 5.97 Å². The molecule has 1 unspecified atom stereocenters. The van der Waals surface area contributed by atoms with Crippen LogP contribution < -0.4 is 0 Å². The largest absolute Gasteiger partial charge is 0.481 e. The Morgan fingerprint density at radius 2 is 2.08 bits per heavy atom. The number of hydrogen-bond donors (Lipinski definition) is 1. The summed E-state index contributed by atoms with van der Waals surface area (Å²) in [5, 5.41) is 8.78. The van der Waals surface area contributed by atoms with Crippen molar-refractivity contribution in [3.05, 3.63) is 0 Å². The van der Waals surface area contributed by atoms with Crippen molar-refractivity contribution in [2.45, 2.75) is 39.5 Å². The second kappa shape index (κ2) is 8.05. The standard InChI is InChI=1S/C10H20O3/c1-3-5-7-13-8-9(6-4-2)10(11)12/h9H,3-8H2,1-2H3,(H,11,12). The monoisotopic (exact) mass is 188 g/mol. The Morgan fingerprint density at radius 3 is 2.54 bits per heavy atom. The Morgan fingerprint density at radius 1 is 1.38 bits per heavy atom. The van der Waals surface area contributed by atoms with Gasteiger partial charge in [-0.25, -0.2) is 0 Å². The fourth-order valence-corrected chi connectivity index (χ4v) is 1.10. The zero-order chi connectivity index (χ0) is 10.1. The van der Waals surface area contributed by atoms with Crippen LogP contribution in [-0.4, -0.2) is 24.3 Å². The summed E-state index contributed by atoms with van der Waals surface area (Å²) in [5.41, 5.74) is 0. The first-order valence-electron chi connectivity index (χ1n) is 5.02. The molecule has 0 aromatic carbocycles. The molecule has 0 aliphatic rings. The summed E-state index contributed by atoms with van der Waals surface area (Å²) in [6, 6.07) is 0. The van der Waals surface area contributed by atoms with Crippen LogP contribution in [0.2, 0.25) is 0 Å². The quantitative estimate of drug-likeness (QED) is 0.594.